The third kappa shape index (κ3) is 3.24. The Balaban J connectivity index is 1.76. The highest BCUT2D eigenvalue weighted by Gasteiger charge is 2.14. The molecule has 1 saturated heterocycles. The van der Waals surface area contributed by atoms with Crippen molar-refractivity contribution in [2.75, 3.05) is 13.2 Å². The van der Waals surface area contributed by atoms with Gasteiger partial charge in [-0.25, -0.2) is 4.98 Å². The van der Waals surface area contributed by atoms with Crippen molar-refractivity contribution in [3.8, 4) is 0 Å². The summed E-state index contributed by atoms with van der Waals surface area (Å²) in [6, 6.07) is 0. The van der Waals surface area contributed by atoms with Crippen molar-refractivity contribution in [3.63, 3.8) is 0 Å². The second kappa shape index (κ2) is 5.55. The molecule has 5 heteroatoms. The molecule has 4 nitrogen and oxygen atoms in total. The molecule has 0 atom stereocenters. The molecule has 0 spiro atoms. The van der Waals surface area contributed by atoms with Crippen LogP contribution in [0.15, 0.2) is 5.38 Å². The summed E-state index contributed by atoms with van der Waals surface area (Å²) in [5.74, 6) is 0. The molecule has 0 aromatic carbocycles. The van der Waals surface area contributed by atoms with Gasteiger partial charge in [0.1, 0.15) is 5.01 Å². The van der Waals surface area contributed by atoms with E-state index in [1.165, 1.54) is 0 Å². The number of hydrogen-bond acceptors (Lipinski definition) is 5. The van der Waals surface area contributed by atoms with E-state index in [9.17, 15) is 0 Å². The summed E-state index contributed by atoms with van der Waals surface area (Å²) in [7, 11) is 0. The zero-order valence-corrected chi connectivity index (χ0v) is 9.46. The van der Waals surface area contributed by atoms with Gasteiger partial charge in [0.15, 0.2) is 0 Å². The minimum absolute atomic E-state index is 0.335. The Morgan fingerprint density at radius 1 is 1.53 bits per heavy atom. The molecule has 0 bridgehead atoms. The van der Waals surface area contributed by atoms with E-state index >= 15 is 0 Å². The number of nitrogens with zero attached hydrogens (tertiary/aromatic N) is 1. The van der Waals surface area contributed by atoms with Crippen LogP contribution < -0.4 is 5.73 Å². The minimum atomic E-state index is 0.335. The average Bonchev–Trinajstić information content (AvgIpc) is 2.76. The van der Waals surface area contributed by atoms with Crippen molar-refractivity contribution < 1.29 is 9.47 Å². The number of thiazole rings is 1. The smallest absolute Gasteiger partial charge is 0.107 e. The Hall–Kier alpha value is -0.490. The molecular weight excluding hydrogens is 212 g/mol. The summed E-state index contributed by atoms with van der Waals surface area (Å²) in [5, 5.41) is 2.99. The Labute approximate surface area is 93.4 Å². The van der Waals surface area contributed by atoms with Crippen LogP contribution in [0, 0.1) is 0 Å². The lowest BCUT2D eigenvalue weighted by Crippen LogP contribution is -2.23. The van der Waals surface area contributed by atoms with E-state index in [1.54, 1.807) is 11.3 Å². The predicted molar refractivity (Wildman–Crippen MR) is 58.6 cm³/mol. The SMILES string of the molecule is NCc1nc(COC2CCOCC2)cs1. The highest BCUT2D eigenvalue weighted by atomic mass is 32.1. The van der Waals surface area contributed by atoms with E-state index < -0.39 is 0 Å². The van der Waals surface area contributed by atoms with Gasteiger partial charge in [0.05, 0.1) is 18.4 Å². The zero-order chi connectivity index (χ0) is 10.5. The molecule has 1 fully saturated rings. The molecule has 0 radical (unpaired) electrons. The van der Waals surface area contributed by atoms with Crippen molar-refractivity contribution in [2.45, 2.75) is 32.1 Å². The normalized spacial score (nSPS) is 18.2. The Morgan fingerprint density at radius 3 is 3.00 bits per heavy atom. The number of hydrogen-bond donors (Lipinski definition) is 1. The third-order valence-corrected chi connectivity index (χ3v) is 3.33. The molecule has 0 amide bonds. The van der Waals surface area contributed by atoms with Crippen molar-refractivity contribution in [1.29, 1.82) is 0 Å². The van der Waals surface area contributed by atoms with Crippen LogP contribution in [-0.4, -0.2) is 24.3 Å². The van der Waals surface area contributed by atoms with Crippen LogP contribution >= 0.6 is 11.3 Å². The van der Waals surface area contributed by atoms with Crippen LogP contribution in [0.3, 0.4) is 0 Å². The first-order valence-corrected chi connectivity index (χ1v) is 6.09. The fourth-order valence-electron chi connectivity index (χ4n) is 1.55. The summed E-state index contributed by atoms with van der Waals surface area (Å²) in [4.78, 5) is 4.35. The molecule has 0 unspecified atom stereocenters. The molecule has 2 heterocycles. The van der Waals surface area contributed by atoms with Gasteiger partial charge in [-0.1, -0.05) is 0 Å². The Kier molecular flexibility index (Phi) is 4.08. The molecule has 84 valence electrons. The van der Waals surface area contributed by atoms with E-state index in [2.05, 4.69) is 4.98 Å². The first-order chi connectivity index (χ1) is 7.38. The van der Waals surface area contributed by atoms with Gasteiger partial charge in [0, 0.05) is 25.1 Å². The lowest BCUT2D eigenvalue weighted by atomic mass is 10.1. The summed E-state index contributed by atoms with van der Waals surface area (Å²) in [6.45, 7) is 2.74. The number of aromatic nitrogens is 1. The van der Waals surface area contributed by atoms with Crippen LogP contribution in [0.1, 0.15) is 23.5 Å². The topological polar surface area (TPSA) is 57.4 Å². The van der Waals surface area contributed by atoms with Crippen LogP contribution in [-0.2, 0) is 22.6 Å². The highest BCUT2D eigenvalue weighted by molar-refractivity contribution is 7.09. The van der Waals surface area contributed by atoms with Gasteiger partial charge in [-0.15, -0.1) is 11.3 Å². The third-order valence-electron chi connectivity index (χ3n) is 2.41. The number of rotatable bonds is 4. The minimum Gasteiger partial charge on any atom is -0.381 e. The maximum atomic E-state index is 5.75. The number of nitrogens with two attached hydrogens (primary N) is 1. The average molecular weight is 228 g/mol. The van der Waals surface area contributed by atoms with Gasteiger partial charge in [0.2, 0.25) is 0 Å². The van der Waals surface area contributed by atoms with Crippen LogP contribution in [0.2, 0.25) is 0 Å². The van der Waals surface area contributed by atoms with Gasteiger partial charge in [-0.3, -0.25) is 0 Å². The Bertz CT molecular complexity index is 297. The lowest BCUT2D eigenvalue weighted by molar-refractivity contribution is -0.0398. The van der Waals surface area contributed by atoms with Crippen LogP contribution in [0.25, 0.3) is 0 Å². The zero-order valence-electron chi connectivity index (χ0n) is 8.65. The summed E-state index contributed by atoms with van der Waals surface area (Å²) in [5.41, 5.74) is 6.49. The monoisotopic (exact) mass is 228 g/mol. The lowest BCUT2D eigenvalue weighted by Gasteiger charge is -2.21. The fourth-order valence-corrected chi connectivity index (χ4v) is 2.21. The Morgan fingerprint density at radius 2 is 2.33 bits per heavy atom. The fraction of sp³-hybridized carbons (Fsp3) is 0.700. The standard InChI is InChI=1S/C10H16N2O2S/c11-5-10-12-8(7-15-10)6-14-9-1-3-13-4-2-9/h7,9H,1-6,11H2. The van der Waals surface area contributed by atoms with Crippen LogP contribution in [0.4, 0.5) is 0 Å². The van der Waals surface area contributed by atoms with E-state index in [4.69, 9.17) is 15.2 Å². The molecule has 2 rings (SSSR count). The highest BCUT2D eigenvalue weighted by Crippen LogP contribution is 2.15. The first-order valence-electron chi connectivity index (χ1n) is 5.21. The van der Waals surface area contributed by atoms with Gasteiger partial charge < -0.3 is 15.2 Å². The molecule has 15 heavy (non-hydrogen) atoms. The summed E-state index contributed by atoms with van der Waals surface area (Å²) < 4.78 is 11.0. The van der Waals surface area contributed by atoms with Crippen LogP contribution in [0.5, 0.6) is 0 Å². The number of ether oxygens (including phenoxy) is 2. The molecule has 2 N–H and O–H groups in total. The molecule has 1 aliphatic heterocycles. The molecule has 0 aliphatic carbocycles. The second-order valence-electron chi connectivity index (χ2n) is 3.56. The molecule has 1 aromatic rings. The van der Waals surface area contributed by atoms with E-state index in [1.807, 2.05) is 5.38 Å². The van der Waals surface area contributed by atoms with Crippen molar-refractivity contribution in [1.82, 2.24) is 4.98 Å². The van der Waals surface area contributed by atoms with E-state index in [0.717, 1.165) is 36.8 Å². The molecular formula is C10H16N2O2S. The summed E-state index contributed by atoms with van der Waals surface area (Å²) >= 11 is 1.60. The van der Waals surface area contributed by atoms with Crippen molar-refractivity contribution in [2.24, 2.45) is 5.73 Å². The van der Waals surface area contributed by atoms with Gasteiger partial charge in [0.25, 0.3) is 0 Å². The second-order valence-corrected chi connectivity index (χ2v) is 4.50. The van der Waals surface area contributed by atoms with Gasteiger partial charge in [-0.2, -0.15) is 0 Å². The summed E-state index contributed by atoms with van der Waals surface area (Å²) in [6.07, 6.45) is 2.32. The largest absolute Gasteiger partial charge is 0.381 e. The van der Waals surface area contributed by atoms with Gasteiger partial charge >= 0.3 is 0 Å². The maximum Gasteiger partial charge on any atom is 0.107 e. The molecule has 1 aliphatic rings. The van der Waals surface area contributed by atoms with Crippen molar-refractivity contribution in [3.05, 3.63) is 16.1 Å². The maximum absolute atomic E-state index is 5.75. The van der Waals surface area contributed by atoms with E-state index in [-0.39, 0.29) is 0 Å². The molecule has 1 aromatic heterocycles. The van der Waals surface area contributed by atoms with E-state index in [0.29, 0.717) is 19.3 Å². The van der Waals surface area contributed by atoms with Crippen molar-refractivity contribution >= 4 is 11.3 Å². The predicted octanol–water partition coefficient (Wildman–Crippen LogP) is 1.30. The first kappa shape index (κ1) is 11.0. The quantitative estimate of drug-likeness (QED) is 0.844. The molecule has 0 saturated carbocycles. The van der Waals surface area contributed by atoms with Gasteiger partial charge in [-0.05, 0) is 12.8 Å².